The predicted octanol–water partition coefficient (Wildman–Crippen LogP) is 1.90. The Bertz CT molecular complexity index is 364. The zero-order valence-corrected chi connectivity index (χ0v) is 11.7. The Kier molecular flexibility index (Phi) is 4.78. The lowest BCUT2D eigenvalue weighted by Gasteiger charge is -2.24. The van der Waals surface area contributed by atoms with E-state index in [1.165, 1.54) is 6.42 Å². The molecule has 3 unspecified atom stereocenters. The van der Waals surface area contributed by atoms with Gasteiger partial charge >= 0.3 is 0 Å². The highest BCUT2D eigenvalue weighted by Gasteiger charge is 2.29. The summed E-state index contributed by atoms with van der Waals surface area (Å²) in [6.07, 6.45) is 9.04. The van der Waals surface area contributed by atoms with Crippen LogP contribution >= 0.6 is 0 Å². The SMILES string of the molecule is CCCNC(Cc1nccn1C)C1CCC(C)O1. The molecule has 2 rings (SSSR count). The molecule has 1 aliphatic rings. The maximum Gasteiger partial charge on any atom is 0.110 e. The summed E-state index contributed by atoms with van der Waals surface area (Å²) in [6, 6.07) is 0.385. The van der Waals surface area contributed by atoms with Gasteiger partial charge < -0.3 is 14.6 Å². The minimum atomic E-state index is 0.336. The van der Waals surface area contributed by atoms with Crippen molar-refractivity contribution in [3.05, 3.63) is 18.2 Å². The number of hydrogen-bond donors (Lipinski definition) is 1. The summed E-state index contributed by atoms with van der Waals surface area (Å²) in [5.41, 5.74) is 0. The molecule has 18 heavy (non-hydrogen) atoms. The zero-order valence-electron chi connectivity index (χ0n) is 11.7. The first kappa shape index (κ1) is 13.6. The molecule has 0 aliphatic carbocycles. The maximum absolute atomic E-state index is 6.01. The van der Waals surface area contributed by atoms with Crippen molar-refractivity contribution in [1.29, 1.82) is 0 Å². The Hall–Kier alpha value is -0.870. The molecule has 4 nitrogen and oxygen atoms in total. The molecule has 1 aromatic heterocycles. The average molecular weight is 251 g/mol. The van der Waals surface area contributed by atoms with E-state index in [1.807, 2.05) is 12.4 Å². The van der Waals surface area contributed by atoms with Gasteiger partial charge in [-0.05, 0) is 32.7 Å². The van der Waals surface area contributed by atoms with Gasteiger partial charge in [0.2, 0.25) is 0 Å². The highest BCUT2D eigenvalue weighted by Crippen LogP contribution is 2.23. The Morgan fingerprint density at radius 1 is 1.56 bits per heavy atom. The van der Waals surface area contributed by atoms with E-state index in [0.717, 1.165) is 31.6 Å². The van der Waals surface area contributed by atoms with Gasteiger partial charge in [-0.1, -0.05) is 6.92 Å². The number of ether oxygens (including phenoxy) is 1. The monoisotopic (exact) mass is 251 g/mol. The van der Waals surface area contributed by atoms with Gasteiger partial charge in [0.05, 0.1) is 12.2 Å². The van der Waals surface area contributed by atoms with Gasteiger partial charge in [-0.3, -0.25) is 0 Å². The van der Waals surface area contributed by atoms with Crippen LogP contribution in [0.2, 0.25) is 0 Å². The third-order valence-corrected chi connectivity index (χ3v) is 3.69. The molecule has 4 heteroatoms. The van der Waals surface area contributed by atoms with Crippen LogP contribution in [0.15, 0.2) is 12.4 Å². The number of aromatic nitrogens is 2. The molecule has 0 aromatic carbocycles. The van der Waals surface area contributed by atoms with E-state index < -0.39 is 0 Å². The van der Waals surface area contributed by atoms with Crippen LogP contribution in [-0.2, 0) is 18.2 Å². The summed E-state index contributed by atoms with van der Waals surface area (Å²) in [5, 5.41) is 3.62. The van der Waals surface area contributed by atoms with Crippen molar-refractivity contribution in [1.82, 2.24) is 14.9 Å². The van der Waals surface area contributed by atoms with E-state index in [1.54, 1.807) is 0 Å². The summed E-state index contributed by atoms with van der Waals surface area (Å²) in [4.78, 5) is 4.42. The van der Waals surface area contributed by atoms with Gasteiger partial charge in [0.1, 0.15) is 5.82 Å². The van der Waals surface area contributed by atoms with Gasteiger partial charge in [0.15, 0.2) is 0 Å². The van der Waals surface area contributed by atoms with Crippen LogP contribution in [0.4, 0.5) is 0 Å². The van der Waals surface area contributed by atoms with Crippen molar-refractivity contribution in [3.8, 4) is 0 Å². The minimum absolute atomic E-state index is 0.336. The van der Waals surface area contributed by atoms with E-state index >= 15 is 0 Å². The van der Waals surface area contributed by atoms with Crippen LogP contribution in [-0.4, -0.2) is 34.3 Å². The second-order valence-corrected chi connectivity index (χ2v) is 5.28. The van der Waals surface area contributed by atoms with E-state index in [4.69, 9.17) is 4.74 Å². The molecule has 0 bridgehead atoms. The molecule has 1 aromatic rings. The highest BCUT2D eigenvalue weighted by molar-refractivity contribution is 4.97. The van der Waals surface area contributed by atoms with Gasteiger partial charge in [-0.15, -0.1) is 0 Å². The van der Waals surface area contributed by atoms with Crippen LogP contribution < -0.4 is 5.32 Å². The first-order chi connectivity index (χ1) is 8.70. The normalized spacial score (nSPS) is 25.5. The Morgan fingerprint density at radius 2 is 2.39 bits per heavy atom. The van der Waals surface area contributed by atoms with E-state index in [-0.39, 0.29) is 0 Å². The van der Waals surface area contributed by atoms with Gasteiger partial charge in [0, 0.05) is 31.9 Å². The molecule has 1 aliphatic heterocycles. The van der Waals surface area contributed by atoms with Crippen molar-refractivity contribution in [3.63, 3.8) is 0 Å². The first-order valence-electron chi connectivity index (χ1n) is 7.05. The van der Waals surface area contributed by atoms with Crippen LogP contribution in [0.1, 0.15) is 38.9 Å². The lowest BCUT2D eigenvalue weighted by molar-refractivity contribution is 0.0315. The smallest absolute Gasteiger partial charge is 0.110 e. The van der Waals surface area contributed by atoms with Crippen LogP contribution in [0.5, 0.6) is 0 Å². The fourth-order valence-electron chi connectivity index (χ4n) is 2.58. The minimum Gasteiger partial charge on any atom is -0.374 e. The molecule has 0 spiro atoms. The molecule has 0 saturated carbocycles. The number of imidazole rings is 1. The summed E-state index contributed by atoms with van der Waals surface area (Å²) in [5.74, 6) is 1.13. The molecule has 1 fully saturated rings. The molecule has 2 heterocycles. The lowest BCUT2D eigenvalue weighted by atomic mass is 10.0. The lowest BCUT2D eigenvalue weighted by Crippen LogP contribution is -2.42. The topological polar surface area (TPSA) is 39.1 Å². The number of nitrogens with zero attached hydrogens (tertiary/aromatic N) is 2. The Morgan fingerprint density at radius 3 is 2.94 bits per heavy atom. The third kappa shape index (κ3) is 3.33. The summed E-state index contributed by atoms with van der Waals surface area (Å²) >= 11 is 0. The van der Waals surface area contributed by atoms with Gasteiger partial charge in [-0.2, -0.15) is 0 Å². The Balaban J connectivity index is 1.98. The number of hydrogen-bond acceptors (Lipinski definition) is 3. The molecule has 1 N–H and O–H groups in total. The second kappa shape index (κ2) is 6.34. The van der Waals surface area contributed by atoms with Crippen molar-refractivity contribution >= 4 is 0 Å². The molecular formula is C14H25N3O. The first-order valence-corrected chi connectivity index (χ1v) is 7.05. The maximum atomic E-state index is 6.01. The zero-order chi connectivity index (χ0) is 13.0. The van der Waals surface area contributed by atoms with E-state index in [2.05, 4.69) is 35.8 Å². The molecule has 1 saturated heterocycles. The summed E-state index contributed by atoms with van der Waals surface area (Å²) < 4.78 is 8.11. The van der Waals surface area contributed by atoms with Gasteiger partial charge in [0.25, 0.3) is 0 Å². The molecule has 3 atom stereocenters. The van der Waals surface area contributed by atoms with Crippen molar-refractivity contribution in [2.45, 2.75) is 57.8 Å². The van der Waals surface area contributed by atoms with Crippen molar-refractivity contribution < 1.29 is 4.74 Å². The predicted molar refractivity (Wildman–Crippen MR) is 72.6 cm³/mol. The summed E-state index contributed by atoms with van der Waals surface area (Å²) in [6.45, 7) is 5.41. The molecule has 0 amide bonds. The fourth-order valence-corrected chi connectivity index (χ4v) is 2.58. The molecule has 102 valence electrons. The van der Waals surface area contributed by atoms with Crippen LogP contribution in [0, 0.1) is 0 Å². The number of aryl methyl sites for hydroxylation is 1. The highest BCUT2D eigenvalue weighted by atomic mass is 16.5. The van der Waals surface area contributed by atoms with Crippen LogP contribution in [0.3, 0.4) is 0 Å². The standard InChI is InChI=1S/C14H25N3O/c1-4-7-15-12(13-6-5-11(2)18-13)10-14-16-8-9-17(14)3/h8-9,11-13,15H,4-7,10H2,1-3H3. The van der Waals surface area contributed by atoms with E-state index in [9.17, 15) is 0 Å². The Labute approximate surface area is 110 Å². The molecule has 0 radical (unpaired) electrons. The van der Waals surface area contributed by atoms with Crippen molar-refractivity contribution in [2.75, 3.05) is 6.54 Å². The third-order valence-electron chi connectivity index (χ3n) is 3.69. The van der Waals surface area contributed by atoms with Crippen molar-refractivity contribution in [2.24, 2.45) is 7.05 Å². The quantitative estimate of drug-likeness (QED) is 0.839. The largest absolute Gasteiger partial charge is 0.374 e. The fraction of sp³-hybridized carbons (Fsp3) is 0.786. The van der Waals surface area contributed by atoms with Gasteiger partial charge in [-0.25, -0.2) is 4.98 Å². The number of nitrogens with one attached hydrogen (secondary N) is 1. The van der Waals surface area contributed by atoms with E-state index in [0.29, 0.717) is 18.2 Å². The average Bonchev–Trinajstić information content (AvgIpc) is 2.94. The summed E-state index contributed by atoms with van der Waals surface area (Å²) in [7, 11) is 2.05. The molecular weight excluding hydrogens is 226 g/mol. The van der Waals surface area contributed by atoms with Crippen LogP contribution in [0.25, 0.3) is 0 Å². The number of rotatable bonds is 6. The second-order valence-electron chi connectivity index (χ2n) is 5.28.